The highest BCUT2D eigenvalue weighted by Crippen LogP contribution is 2.39. The third-order valence-corrected chi connectivity index (χ3v) is 3.67. The Morgan fingerprint density at radius 1 is 1.21 bits per heavy atom. The number of halogens is 4. The van der Waals surface area contributed by atoms with Crippen molar-refractivity contribution in [2.24, 2.45) is 0 Å². The van der Waals surface area contributed by atoms with Crippen LogP contribution in [-0.4, -0.2) is 42.6 Å². The first-order chi connectivity index (χ1) is 9.00. The Bertz CT molecular complexity index is 454. The average molecular weight is 311 g/mol. The van der Waals surface area contributed by atoms with Crippen molar-refractivity contribution in [1.82, 2.24) is 10.2 Å². The number of alkyl halides is 2. The Labute approximate surface area is 120 Å². The Morgan fingerprint density at radius 3 is 2.42 bits per heavy atom. The van der Waals surface area contributed by atoms with Gasteiger partial charge in [-0.15, -0.1) is 0 Å². The van der Waals surface area contributed by atoms with Crippen molar-refractivity contribution in [2.75, 3.05) is 26.2 Å². The molecule has 1 aliphatic heterocycles. The lowest BCUT2D eigenvalue weighted by molar-refractivity contribution is 0.0170. The van der Waals surface area contributed by atoms with E-state index < -0.39 is 12.5 Å². The number of aromatic hydroxyl groups is 1. The van der Waals surface area contributed by atoms with E-state index in [2.05, 4.69) is 5.32 Å². The molecule has 2 N–H and O–H groups in total. The lowest BCUT2D eigenvalue weighted by atomic mass is 10.0. The predicted molar refractivity (Wildman–Crippen MR) is 71.3 cm³/mol. The van der Waals surface area contributed by atoms with Crippen LogP contribution in [0.25, 0.3) is 0 Å². The zero-order chi connectivity index (χ0) is 14.0. The van der Waals surface area contributed by atoms with Crippen LogP contribution in [0.4, 0.5) is 8.78 Å². The first-order valence-corrected chi connectivity index (χ1v) is 6.67. The molecule has 1 atom stereocenters. The molecule has 2 rings (SSSR count). The monoisotopic (exact) mass is 310 g/mol. The van der Waals surface area contributed by atoms with Crippen LogP contribution in [0.15, 0.2) is 12.1 Å². The number of rotatable bonds is 3. The molecule has 0 amide bonds. The molecule has 0 bridgehead atoms. The van der Waals surface area contributed by atoms with Gasteiger partial charge in [0.05, 0.1) is 5.02 Å². The van der Waals surface area contributed by atoms with Crippen LogP contribution in [0.3, 0.4) is 0 Å². The highest BCUT2D eigenvalue weighted by Gasteiger charge is 2.32. The number of hydrogen-bond donors (Lipinski definition) is 2. The molecular formula is C12H14Cl2F2N2O. The molecular weight excluding hydrogens is 297 g/mol. The van der Waals surface area contributed by atoms with Crippen LogP contribution >= 0.6 is 23.2 Å². The number of nitrogens with zero attached hydrogens (tertiary/aromatic N) is 1. The quantitative estimate of drug-likeness (QED) is 0.901. The normalized spacial score (nSPS) is 18.8. The molecule has 1 heterocycles. The van der Waals surface area contributed by atoms with Crippen molar-refractivity contribution in [3.63, 3.8) is 0 Å². The SMILES string of the molecule is Oc1c(Cl)cc(Cl)cc1[C@H](C(F)F)N1CCNCC1. The zero-order valence-corrected chi connectivity index (χ0v) is 11.6. The Hall–Kier alpha value is -0.620. The van der Waals surface area contributed by atoms with Gasteiger partial charge < -0.3 is 10.4 Å². The molecule has 1 fully saturated rings. The molecule has 0 radical (unpaired) electrons. The van der Waals surface area contributed by atoms with E-state index in [1.807, 2.05) is 0 Å². The number of phenols is 1. The van der Waals surface area contributed by atoms with E-state index in [0.717, 1.165) is 0 Å². The van der Waals surface area contributed by atoms with Crippen molar-refractivity contribution in [3.8, 4) is 5.75 Å². The average Bonchev–Trinajstić information content (AvgIpc) is 2.36. The molecule has 0 aromatic heterocycles. The minimum Gasteiger partial charge on any atom is -0.506 e. The molecule has 7 heteroatoms. The summed E-state index contributed by atoms with van der Waals surface area (Å²) in [4.78, 5) is 1.63. The third kappa shape index (κ3) is 3.28. The maximum Gasteiger partial charge on any atom is 0.258 e. The van der Waals surface area contributed by atoms with Crippen molar-refractivity contribution in [2.45, 2.75) is 12.5 Å². The highest BCUT2D eigenvalue weighted by molar-refractivity contribution is 6.35. The number of phenolic OH excluding ortho intramolecular Hbond substituents is 1. The predicted octanol–water partition coefficient (Wildman–Crippen LogP) is 2.91. The van der Waals surface area contributed by atoms with Gasteiger partial charge in [-0.25, -0.2) is 8.78 Å². The summed E-state index contributed by atoms with van der Waals surface area (Å²) in [5, 5.41) is 13.2. The van der Waals surface area contributed by atoms with Crippen molar-refractivity contribution >= 4 is 23.2 Å². The van der Waals surface area contributed by atoms with Crippen LogP contribution in [-0.2, 0) is 0 Å². The van der Waals surface area contributed by atoms with Crippen molar-refractivity contribution in [3.05, 3.63) is 27.7 Å². The topological polar surface area (TPSA) is 35.5 Å². The van der Waals surface area contributed by atoms with Gasteiger partial charge in [-0.3, -0.25) is 4.90 Å². The van der Waals surface area contributed by atoms with Crippen LogP contribution in [0.2, 0.25) is 10.0 Å². The van der Waals surface area contributed by atoms with E-state index in [9.17, 15) is 13.9 Å². The summed E-state index contributed by atoms with van der Waals surface area (Å²) in [6.45, 7) is 2.24. The standard InChI is InChI=1S/C12H14Cl2F2N2O/c13-7-5-8(11(19)9(14)6-7)10(12(15)16)18-3-1-17-2-4-18/h5-6,10,12,17,19H,1-4H2/t10-/m1/s1. The Morgan fingerprint density at radius 2 is 1.84 bits per heavy atom. The first-order valence-electron chi connectivity index (χ1n) is 5.91. The van der Waals surface area contributed by atoms with E-state index in [1.54, 1.807) is 4.90 Å². The van der Waals surface area contributed by atoms with Crippen LogP contribution in [0, 0.1) is 0 Å². The van der Waals surface area contributed by atoms with Gasteiger partial charge in [-0.2, -0.15) is 0 Å². The minimum absolute atomic E-state index is 0.0108. The molecule has 1 aromatic carbocycles. The maximum atomic E-state index is 13.4. The van der Waals surface area contributed by atoms with E-state index in [0.29, 0.717) is 26.2 Å². The highest BCUT2D eigenvalue weighted by atomic mass is 35.5. The summed E-state index contributed by atoms with van der Waals surface area (Å²) >= 11 is 11.6. The van der Waals surface area contributed by atoms with Crippen LogP contribution in [0.1, 0.15) is 11.6 Å². The van der Waals surface area contributed by atoms with Crippen molar-refractivity contribution < 1.29 is 13.9 Å². The smallest absolute Gasteiger partial charge is 0.258 e. The molecule has 0 unspecified atom stereocenters. The van der Waals surface area contributed by atoms with Gasteiger partial charge in [0, 0.05) is 36.8 Å². The van der Waals surface area contributed by atoms with Gasteiger partial charge in [0.2, 0.25) is 0 Å². The Balaban J connectivity index is 2.38. The van der Waals surface area contributed by atoms with E-state index in [1.165, 1.54) is 12.1 Å². The van der Waals surface area contributed by atoms with Crippen LogP contribution in [0.5, 0.6) is 5.75 Å². The summed E-state index contributed by atoms with van der Waals surface area (Å²) < 4.78 is 26.7. The largest absolute Gasteiger partial charge is 0.506 e. The zero-order valence-electron chi connectivity index (χ0n) is 10.0. The fraction of sp³-hybridized carbons (Fsp3) is 0.500. The molecule has 19 heavy (non-hydrogen) atoms. The van der Waals surface area contributed by atoms with E-state index >= 15 is 0 Å². The second-order valence-corrected chi connectivity index (χ2v) is 5.23. The van der Waals surface area contributed by atoms with Gasteiger partial charge in [-0.05, 0) is 12.1 Å². The fourth-order valence-corrected chi connectivity index (χ4v) is 2.77. The molecule has 1 aromatic rings. The molecule has 106 valence electrons. The summed E-state index contributed by atoms with van der Waals surface area (Å²) in [5.41, 5.74) is 0.0781. The number of hydrogen-bond acceptors (Lipinski definition) is 3. The van der Waals surface area contributed by atoms with E-state index in [-0.39, 0.29) is 21.4 Å². The van der Waals surface area contributed by atoms with Crippen LogP contribution < -0.4 is 5.32 Å². The molecule has 1 aliphatic rings. The number of benzene rings is 1. The van der Waals surface area contributed by atoms with Gasteiger partial charge in [-0.1, -0.05) is 23.2 Å². The molecule has 0 spiro atoms. The molecule has 0 aliphatic carbocycles. The fourth-order valence-electron chi connectivity index (χ4n) is 2.26. The summed E-state index contributed by atoms with van der Waals surface area (Å²) in [7, 11) is 0. The Kier molecular flexibility index (Phi) is 4.84. The second kappa shape index (κ2) is 6.22. The molecule has 0 saturated carbocycles. The summed E-state index contributed by atoms with van der Waals surface area (Å²) in [5.74, 6) is -0.324. The summed E-state index contributed by atoms with van der Waals surface area (Å²) in [6.07, 6.45) is -2.63. The van der Waals surface area contributed by atoms with Gasteiger partial charge in [0.25, 0.3) is 6.43 Å². The lowest BCUT2D eigenvalue weighted by Crippen LogP contribution is -2.46. The van der Waals surface area contributed by atoms with Crippen molar-refractivity contribution in [1.29, 1.82) is 0 Å². The summed E-state index contributed by atoms with van der Waals surface area (Å²) in [6, 6.07) is 1.49. The van der Waals surface area contributed by atoms with E-state index in [4.69, 9.17) is 23.2 Å². The first kappa shape index (κ1) is 14.8. The maximum absolute atomic E-state index is 13.4. The number of piperazine rings is 1. The van der Waals surface area contributed by atoms with Gasteiger partial charge >= 0.3 is 0 Å². The lowest BCUT2D eigenvalue weighted by Gasteiger charge is -2.35. The molecule has 1 saturated heterocycles. The van der Waals surface area contributed by atoms with Gasteiger partial charge in [0.15, 0.2) is 0 Å². The third-order valence-electron chi connectivity index (χ3n) is 3.16. The minimum atomic E-state index is -2.63. The molecule has 3 nitrogen and oxygen atoms in total. The second-order valence-electron chi connectivity index (χ2n) is 4.39. The van der Waals surface area contributed by atoms with Gasteiger partial charge in [0.1, 0.15) is 11.8 Å². The number of nitrogens with one attached hydrogen (secondary N) is 1.